The summed E-state index contributed by atoms with van der Waals surface area (Å²) in [6.45, 7) is 1.66. The van der Waals surface area contributed by atoms with Gasteiger partial charge in [-0.2, -0.15) is 13.2 Å². The molecule has 0 unspecified atom stereocenters. The van der Waals surface area contributed by atoms with Gasteiger partial charge in [0.05, 0.1) is 11.3 Å². The molecule has 0 aliphatic heterocycles. The Bertz CT molecular complexity index is 694. The standard InChI is InChI=1S/C13H9F4NO2S/c1-2-8-10(12(19)20)21-11(18-8)6-4-3-5-7(9(6)14)13(15,16)17/h3-5H,2H2,1H3,(H,19,20). The first-order valence-electron chi connectivity index (χ1n) is 5.84. The maximum atomic E-state index is 14.0. The third-order valence-electron chi connectivity index (χ3n) is 2.76. The van der Waals surface area contributed by atoms with Crippen LogP contribution >= 0.6 is 11.3 Å². The quantitative estimate of drug-likeness (QED) is 0.861. The molecule has 112 valence electrons. The summed E-state index contributed by atoms with van der Waals surface area (Å²) in [5.74, 6) is -2.68. The number of aromatic carboxylic acids is 1. The van der Waals surface area contributed by atoms with Crippen molar-refractivity contribution in [3.8, 4) is 10.6 Å². The second kappa shape index (κ2) is 5.44. The van der Waals surface area contributed by atoms with Gasteiger partial charge in [-0.05, 0) is 18.6 Å². The van der Waals surface area contributed by atoms with E-state index in [0.717, 1.165) is 12.1 Å². The lowest BCUT2D eigenvalue weighted by atomic mass is 10.1. The number of alkyl halides is 3. The number of halogens is 4. The van der Waals surface area contributed by atoms with Gasteiger partial charge in [0.2, 0.25) is 0 Å². The molecule has 3 nitrogen and oxygen atoms in total. The zero-order valence-corrected chi connectivity index (χ0v) is 11.5. The molecule has 0 amide bonds. The zero-order chi connectivity index (χ0) is 15.8. The Kier molecular flexibility index (Phi) is 3.99. The highest BCUT2D eigenvalue weighted by Crippen LogP contribution is 2.37. The second-order valence-corrected chi connectivity index (χ2v) is 5.12. The van der Waals surface area contributed by atoms with E-state index < -0.39 is 23.5 Å². The summed E-state index contributed by atoms with van der Waals surface area (Å²) in [4.78, 5) is 14.9. The third-order valence-corrected chi connectivity index (χ3v) is 3.88. The highest BCUT2D eigenvalue weighted by Gasteiger charge is 2.35. The number of benzene rings is 1. The maximum Gasteiger partial charge on any atom is 0.419 e. The predicted octanol–water partition coefficient (Wildman–Crippen LogP) is 4.23. The van der Waals surface area contributed by atoms with Gasteiger partial charge in [0.25, 0.3) is 0 Å². The number of hydrogen-bond acceptors (Lipinski definition) is 3. The van der Waals surface area contributed by atoms with E-state index in [2.05, 4.69) is 4.98 Å². The second-order valence-electron chi connectivity index (χ2n) is 4.12. The van der Waals surface area contributed by atoms with Gasteiger partial charge in [0.1, 0.15) is 15.7 Å². The van der Waals surface area contributed by atoms with Gasteiger partial charge in [-0.15, -0.1) is 11.3 Å². The van der Waals surface area contributed by atoms with Crippen LogP contribution in [0, 0.1) is 5.82 Å². The van der Waals surface area contributed by atoms with Gasteiger partial charge >= 0.3 is 12.1 Å². The zero-order valence-electron chi connectivity index (χ0n) is 10.7. The van der Waals surface area contributed by atoms with Crippen molar-refractivity contribution in [2.45, 2.75) is 19.5 Å². The Morgan fingerprint density at radius 3 is 2.52 bits per heavy atom. The van der Waals surface area contributed by atoms with Crippen molar-refractivity contribution in [3.63, 3.8) is 0 Å². The van der Waals surface area contributed by atoms with Gasteiger partial charge in [0.15, 0.2) is 0 Å². The van der Waals surface area contributed by atoms with Crippen LogP contribution in [-0.2, 0) is 12.6 Å². The molecule has 0 bridgehead atoms. The number of carboxylic acid groups (broad SMARTS) is 1. The summed E-state index contributed by atoms with van der Waals surface area (Å²) < 4.78 is 52.0. The molecule has 2 aromatic rings. The smallest absolute Gasteiger partial charge is 0.419 e. The first kappa shape index (κ1) is 15.4. The molecule has 1 N–H and O–H groups in total. The van der Waals surface area contributed by atoms with Gasteiger partial charge in [-0.1, -0.05) is 13.0 Å². The minimum Gasteiger partial charge on any atom is -0.477 e. The molecule has 8 heteroatoms. The average Bonchev–Trinajstić information content (AvgIpc) is 2.81. The first-order chi connectivity index (χ1) is 9.75. The number of rotatable bonds is 3. The minimum absolute atomic E-state index is 0.0761. The topological polar surface area (TPSA) is 50.2 Å². The molecule has 0 atom stereocenters. The molecule has 0 radical (unpaired) electrons. The molecule has 1 aromatic carbocycles. The Balaban J connectivity index is 2.60. The van der Waals surface area contributed by atoms with Crippen LogP contribution in [0.3, 0.4) is 0 Å². The summed E-state index contributed by atoms with van der Waals surface area (Å²) >= 11 is 0.661. The summed E-state index contributed by atoms with van der Waals surface area (Å²) in [5.41, 5.74) is -1.53. The molecule has 0 saturated carbocycles. The molecule has 0 aliphatic carbocycles. The number of aromatic nitrogens is 1. The van der Waals surface area contributed by atoms with E-state index in [9.17, 15) is 22.4 Å². The van der Waals surface area contributed by atoms with Crippen molar-refractivity contribution in [1.82, 2.24) is 4.98 Å². The van der Waals surface area contributed by atoms with Gasteiger partial charge in [-0.25, -0.2) is 14.2 Å². The predicted molar refractivity (Wildman–Crippen MR) is 68.8 cm³/mol. The average molecular weight is 319 g/mol. The molecule has 0 aliphatic rings. The summed E-state index contributed by atoms with van der Waals surface area (Å²) in [6.07, 6.45) is -4.53. The highest BCUT2D eigenvalue weighted by atomic mass is 32.1. The summed E-state index contributed by atoms with van der Waals surface area (Å²) in [5, 5.41) is 8.93. The van der Waals surface area contributed by atoms with E-state index in [1.54, 1.807) is 6.92 Å². The van der Waals surface area contributed by atoms with E-state index in [1.165, 1.54) is 0 Å². The van der Waals surface area contributed by atoms with Crippen LogP contribution in [0.1, 0.15) is 27.9 Å². The molecule has 1 heterocycles. The van der Waals surface area contributed by atoms with E-state index >= 15 is 0 Å². The van der Waals surface area contributed by atoms with Crippen LogP contribution in [0.2, 0.25) is 0 Å². The fraction of sp³-hybridized carbons (Fsp3) is 0.231. The van der Waals surface area contributed by atoms with Crippen molar-refractivity contribution in [2.24, 2.45) is 0 Å². The number of carbonyl (C=O) groups is 1. The van der Waals surface area contributed by atoms with E-state index in [-0.39, 0.29) is 21.1 Å². The van der Waals surface area contributed by atoms with Crippen LogP contribution in [0.15, 0.2) is 18.2 Å². The Morgan fingerprint density at radius 1 is 1.38 bits per heavy atom. The molecular weight excluding hydrogens is 310 g/mol. The molecular formula is C13H9F4NO2S. The third kappa shape index (κ3) is 2.90. The maximum absolute atomic E-state index is 14.0. The fourth-order valence-corrected chi connectivity index (χ4v) is 2.80. The normalized spacial score (nSPS) is 11.7. The monoisotopic (exact) mass is 319 g/mol. The van der Waals surface area contributed by atoms with Crippen LogP contribution in [0.25, 0.3) is 10.6 Å². The van der Waals surface area contributed by atoms with Crippen LogP contribution in [-0.4, -0.2) is 16.1 Å². The summed E-state index contributed by atoms with van der Waals surface area (Å²) in [7, 11) is 0. The Morgan fingerprint density at radius 2 is 2.05 bits per heavy atom. The lowest BCUT2D eigenvalue weighted by Crippen LogP contribution is -2.08. The highest BCUT2D eigenvalue weighted by molar-refractivity contribution is 7.17. The SMILES string of the molecule is CCc1nc(-c2cccc(C(F)(F)F)c2F)sc1C(=O)O. The van der Waals surface area contributed by atoms with Gasteiger partial charge in [-0.3, -0.25) is 0 Å². The molecule has 0 fully saturated rings. The first-order valence-corrected chi connectivity index (χ1v) is 6.66. The lowest BCUT2D eigenvalue weighted by molar-refractivity contribution is -0.139. The fourth-order valence-electron chi connectivity index (χ4n) is 1.79. The largest absolute Gasteiger partial charge is 0.477 e. The van der Waals surface area contributed by atoms with E-state index in [4.69, 9.17) is 5.11 Å². The van der Waals surface area contributed by atoms with E-state index in [0.29, 0.717) is 23.8 Å². The number of nitrogens with zero attached hydrogens (tertiary/aromatic N) is 1. The van der Waals surface area contributed by atoms with Crippen molar-refractivity contribution in [2.75, 3.05) is 0 Å². The van der Waals surface area contributed by atoms with Crippen LogP contribution in [0.5, 0.6) is 0 Å². The van der Waals surface area contributed by atoms with Gasteiger partial charge in [0, 0.05) is 5.56 Å². The summed E-state index contributed by atoms with van der Waals surface area (Å²) in [6, 6.07) is 2.84. The van der Waals surface area contributed by atoms with Gasteiger partial charge < -0.3 is 5.11 Å². The Labute approximate surface area is 120 Å². The van der Waals surface area contributed by atoms with Crippen molar-refractivity contribution in [3.05, 3.63) is 40.2 Å². The van der Waals surface area contributed by atoms with Crippen LogP contribution in [0.4, 0.5) is 17.6 Å². The number of hydrogen-bond donors (Lipinski definition) is 1. The Hall–Kier alpha value is -1.96. The molecule has 1 aromatic heterocycles. The lowest BCUT2D eigenvalue weighted by Gasteiger charge is -2.09. The van der Waals surface area contributed by atoms with Crippen LogP contribution < -0.4 is 0 Å². The minimum atomic E-state index is -4.82. The molecule has 0 spiro atoms. The number of thiazole rings is 1. The molecule has 0 saturated heterocycles. The molecule has 21 heavy (non-hydrogen) atoms. The number of carboxylic acids is 1. The van der Waals surface area contributed by atoms with Crippen molar-refractivity contribution in [1.29, 1.82) is 0 Å². The van der Waals surface area contributed by atoms with E-state index in [1.807, 2.05) is 0 Å². The van der Waals surface area contributed by atoms with Crippen molar-refractivity contribution < 1.29 is 27.5 Å². The van der Waals surface area contributed by atoms with Crippen molar-refractivity contribution >= 4 is 17.3 Å². The molecule has 2 rings (SSSR count). The number of aryl methyl sites for hydroxylation is 1.